The maximum absolute atomic E-state index is 10.9. The van der Waals surface area contributed by atoms with Crippen LogP contribution in [0.15, 0.2) is 72.8 Å². The lowest BCUT2D eigenvalue weighted by molar-refractivity contribution is 0.0656. The van der Waals surface area contributed by atoms with Crippen LogP contribution in [0.5, 0.6) is 5.75 Å². The highest BCUT2D eigenvalue weighted by atomic mass is 16.5. The van der Waals surface area contributed by atoms with Gasteiger partial charge in [0.1, 0.15) is 5.75 Å². The molecule has 0 unspecified atom stereocenters. The van der Waals surface area contributed by atoms with E-state index in [0.717, 1.165) is 16.7 Å². The Bertz CT molecular complexity index is 761. The highest BCUT2D eigenvalue weighted by Crippen LogP contribution is 2.29. The van der Waals surface area contributed by atoms with E-state index in [1.165, 1.54) is 11.1 Å². The van der Waals surface area contributed by atoms with Gasteiger partial charge in [-0.3, -0.25) is 0 Å². The number of hydrogen-bond acceptors (Lipinski definition) is 2. The fraction of sp³-hybridized carbons (Fsp3) is 0.250. The second kappa shape index (κ2) is 8.68. The zero-order chi connectivity index (χ0) is 18.4. The molecule has 3 aromatic rings. The minimum atomic E-state index is 0.180. The van der Waals surface area contributed by atoms with Crippen molar-refractivity contribution in [3.8, 4) is 5.75 Å². The normalized spacial score (nSPS) is 11.0. The van der Waals surface area contributed by atoms with Gasteiger partial charge in [-0.2, -0.15) is 0 Å². The molecule has 0 amide bonds. The van der Waals surface area contributed by atoms with Gasteiger partial charge in [-0.25, -0.2) is 0 Å². The summed E-state index contributed by atoms with van der Waals surface area (Å²) in [6.45, 7) is 4.63. The van der Waals surface area contributed by atoms with Crippen molar-refractivity contribution >= 4 is 0 Å². The molecule has 0 aliphatic rings. The van der Waals surface area contributed by atoms with Crippen LogP contribution in [0, 0.1) is 0 Å². The minimum absolute atomic E-state index is 0.180. The molecule has 2 heteroatoms. The average molecular weight is 346 g/mol. The molecular weight excluding hydrogens is 320 g/mol. The van der Waals surface area contributed by atoms with Crippen molar-refractivity contribution in [3.05, 3.63) is 101 Å². The minimum Gasteiger partial charge on any atom is -0.507 e. The van der Waals surface area contributed by atoms with Gasteiger partial charge in [0.25, 0.3) is 0 Å². The Morgan fingerprint density at radius 2 is 1.19 bits per heavy atom. The highest BCUT2D eigenvalue weighted by molar-refractivity contribution is 5.47. The first-order chi connectivity index (χ1) is 12.6. The predicted octanol–water partition coefficient (Wildman–Crippen LogP) is 5.50. The van der Waals surface area contributed by atoms with E-state index in [2.05, 4.69) is 36.4 Å². The van der Waals surface area contributed by atoms with Crippen LogP contribution >= 0.6 is 0 Å². The van der Waals surface area contributed by atoms with E-state index in [1.807, 2.05) is 50.2 Å². The SMILES string of the molecule is CC(C)OCc1cc(Cc2ccccc2)c(O)c(Cc2ccccc2)c1. The van der Waals surface area contributed by atoms with E-state index >= 15 is 0 Å². The fourth-order valence-electron chi connectivity index (χ4n) is 3.08. The smallest absolute Gasteiger partial charge is 0.122 e. The third-order valence-electron chi connectivity index (χ3n) is 4.39. The third kappa shape index (κ3) is 4.96. The number of hydrogen-bond donors (Lipinski definition) is 1. The molecule has 0 radical (unpaired) electrons. The summed E-state index contributed by atoms with van der Waals surface area (Å²) in [6.07, 6.45) is 1.60. The molecule has 3 rings (SSSR count). The Labute approximate surface area is 156 Å². The quantitative estimate of drug-likeness (QED) is 0.612. The van der Waals surface area contributed by atoms with Crippen molar-refractivity contribution in [2.45, 2.75) is 39.4 Å². The van der Waals surface area contributed by atoms with Crippen LogP contribution < -0.4 is 0 Å². The first-order valence-corrected chi connectivity index (χ1v) is 9.15. The standard InChI is InChI=1S/C24H26O2/c1-18(2)26-17-21-15-22(13-19-9-5-3-6-10-19)24(25)23(16-21)14-20-11-7-4-8-12-20/h3-12,15-16,18,25H,13-14,17H2,1-2H3. The molecule has 0 atom stereocenters. The van der Waals surface area contributed by atoms with Gasteiger partial charge in [-0.15, -0.1) is 0 Å². The zero-order valence-electron chi connectivity index (χ0n) is 15.5. The lowest BCUT2D eigenvalue weighted by Crippen LogP contribution is -2.04. The number of phenolic OH excluding ortho intramolecular Hbond substituents is 1. The van der Waals surface area contributed by atoms with E-state index < -0.39 is 0 Å². The van der Waals surface area contributed by atoms with Gasteiger partial charge in [-0.05, 0) is 53.8 Å². The molecule has 1 N–H and O–H groups in total. The van der Waals surface area contributed by atoms with Crippen LogP contribution in [0.25, 0.3) is 0 Å². The molecule has 0 saturated heterocycles. The summed E-state index contributed by atoms with van der Waals surface area (Å²) in [4.78, 5) is 0. The van der Waals surface area contributed by atoms with Crippen LogP contribution in [-0.2, 0) is 24.2 Å². The molecule has 0 aliphatic heterocycles. The largest absolute Gasteiger partial charge is 0.507 e. The summed E-state index contributed by atoms with van der Waals surface area (Å²) in [5, 5.41) is 10.9. The van der Waals surface area contributed by atoms with E-state index in [0.29, 0.717) is 25.2 Å². The van der Waals surface area contributed by atoms with E-state index in [4.69, 9.17) is 4.74 Å². The molecule has 26 heavy (non-hydrogen) atoms. The number of benzene rings is 3. The van der Waals surface area contributed by atoms with E-state index in [-0.39, 0.29) is 6.10 Å². The Morgan fingerprint density at radius 3 is 1.62 bits per heavy atom. The summed E-state index contributed by atoms with van der Waals surface area (Å²) < 4.78 is 5.80. The maximum atomic E-state index is 10.9. The second-order valence-corrected chi connectivity index (χ2v) is 6.95. The molecule has 3 aromatic carbocycles. The Hall–Kier alpha value is -2.58. The first-order valence-electron chi connectivity index (χ1n) is 9.15. The van der Waals surface area contributed by atoms with Gasteiger partial charge in [-0.1, -0.05) is 60.7 Å². The maximum Gasteiger partial charge on any atom is 0.122 e. The Morgan fingerprint density at radius 1 is 0.731 bits per heavy atom. The molecule has 0 bridgehead atoms. The first kappa shape index (κ1) is 18.2. The molecule has 0 fully saturated rings. The monoisotopic (exact) mass is 346 g/mol. The van der Waals surface area contributed by atoms with E-state index in [9.17, 15) is 5.11 Å². The van der Waals surface area contributed by atoms with Crippen molar-refractivity contribution in [3.63, 3.8) is 0 Å². The number of ether oxygens (including phenoxy) is 1. The van der Waals surface area contributed by atoms with Crippen LogP contribution in [-0.4, -0.2) is 11.2 Å². The molecule has 0 saturated carbocycles. The van der Waals surface area contributed by atoms with Crippen molar-refractivity contribution < 1.29 is 9.84 Å². The summed E-state index contributed by atoms with van der Waals surface area (Å²) >= 11 is 0. The summed E-state index contributed by atoms with van der Waals surface area (Å²) in [6, 6.07) is 24.6. The summed E-state index contributed by atoms with van der Waals surface area (Å²) in [7, 11) is 0. The second-order valence-electron chi connectivity index (χ2n) is 6.95. The number of rotatable bonds is 7. The van der Waals surface area contributed by atoms with E-state index in [1.54, 1.807) is 0 Å². The summed E-state index contributed by atoms with van der Waals surface area (Å²) in [5.41, 5.74) is 5.39. The topological polar surface area (TPSA) is 29.5 Å². The van der Waals surface area contributed by atoms with Gasteiger partial charge in [0.05, 0.1) is 12.7 Å². The lowest BCUT2D eigenvalue weighted by Gasteiger charge is -2.15. The van der Waals surface area contributed by atoms with Gasteiger partial charge >= 0.3 is 0 Å². The van der Waals surface area contributed by atoms with Crippen LogP contribution in [0.4, 0.5) is 0 Å². The van der Waals surface area contributed by atoms with Crippen molar-refractivity contribution in [2.24, 2.45) is 0 Å². The van der Waals surface area contributed by atoms with Crippen LogP contribution in [0.2, 0.25) is 0 Å². The number of aromatic hydroxyl groups is 1. The Kier molecular flexibility index (Phi) is 6.08. The molecule has 2 nitrogen and oxygen atoms in total. The van der Waals surface area contributed by atoms with Gasteiger partial charge in [0, 0.05) is 12.8 Å². The third-order valence-corrected chi connectivity index (χ3v) is 4.39. The lowest BCUT2D eigenvalue weighted by atomic mass is 9.95. The fourth-order valence-corrected chi connectivity index (χ4v) is 3.08. The Balaban J connectivity index is 1.93. The predicted molar refractivity (Wildman–Crippen MR) is 107 cm³/mol. The number of phenols is 1. The van der Waals surface area contributed by atoms with Gasteiger partial charge < -0.3 is 9.84 Å². The van der Waals surface area contributed by atoms with Crippen LogP contribution in [0.1, 0.15) is 41.7 Å². The van der Waals surface area contributed by atoms with Crippen molar-refractivity contribution in [1.29, 1.82) is 0 Å². The molecular formula is C24H26O2. The molecule has 0 heterocycles. The van der Waals surface area contributed by atoms with Gasteiger partial charge in [0.15, 0.2) is 0 Å². The van der Waals surface area contributed by atoms with Crippen LogP contribution in [0.3, 0.4) is 0 Å². The molecule has 134 valence electrons. The molecule has 0 aliphatic carbocycles. The van der Waals surface area contributed by atoms with Gasteiger partial charge in [0.2, 0.25) is 0 Å². The molecule has 0 aromatic heterocycles. The zero-order valence-corrected chi connectivity index (χ0v) is 15.5. The van der Waals surface area contributed by atoms with Crippen molar-refractivity contribution in [2.75, 3.05) is 0 Å². The summed E-state index contributed by atoms with van der Waals surface area (Å²) in [5.74, 6) is 0.394. The van der Waals surface area contributed by atoms with Crippen molar-refractivity contribution in [1.82, 2.24) is 0 Å². The highest BCUT2D eigenvalue weighted by Gasteiger charge is 2.12. The molecule has 0 spiro atoms. The average Bonchev–Trinajstić information content (AvgIpc) is 2.65.